The summed E-state index contributed by atoms with van der Waals surface area (Å²) >= 11 is 1.87. The van der Waals surface area contributed by atoms with E-state index >= 15 is 0 Å². The second-order valence-corrected chi connectivity index (χ2v) is 7.48. The van der Waals surface area contributed by atoms with Crippen molar-refractivity contribution in [1.82, 2.24) is 5.32 Å². The maximum absolute atomic E-state index is 12.3. The first kappa shape index (κ1) is 21.3. The Morgan fingerprint density at radius 2 is 1.93 bits per heavy atom. The molecule has 0 bridgehead atoms. The van der Waals surface area contributed by atoms with E-state index in [-0.39, 0.29) is 30.3 Å². The Hall–Kier alpha value is -2.02. The largest absolute Gasteiger partial charge is 0.326 e. The smallest absolute Gasteiger partial charge is 0.255 e. The van der Waals surface area contributed by atoms with E-state index < -0.39 is 0 Å². The van der Waals surface area contributed by atoms with E-state index in [1.165, 1.54) is 0 Å². The molecule has 2 aromatic carbocycles. The van der Waals surface area contributed by atoms with Crippen LogP contribution in [-0.2, 0) is 4.79 Å². The van der Waals surface area contributed by atoms with Gasteiger partial charge in [0.1, 0.15) is 0 Å². The number of aryl methyl sites for hydroxylation is 1. The monoisotopic (exact) mass is 405 g/mol. The molecule has 0 radical (unpaired) electrons. The number of nitrogens with one attached hydrogen (secondary N) is 3. The highest BCUT2D eigenvalue weighted by Gasteiger charge is 2.17. The number of amides is 2. The van der Waals surface area contributed by atoms with E-state index in [4.69, 9.17) is 0 Å². The van der Waals surface area contributed by atoms with Crippen molar-refractivity contribution in [1.29, 1.82) is 0 Å². The summed E-state index contributed by atoms with van der Waals surface area (Å²) in [7, 11) is 0. The average Bonchev–Trinajstić information content (AvgIpc) is 2.66. The molecule has 2 amide bonds. The number of hydrogen-bond acceptors (Lipinski definition) is 4. The molecule has 0 spiro atoms. The molecule has 3 rings (SSSR count). The highest BCUT2D eigenvalue weighted by atomic mass is 35.5. The summed E-state index contributed by atoms with van der Waals surface area (Å²) < 4.78 is 0. The molecule has 1 saturated heterocycles. The molecule has 1 heterocycles. The van der Waals surface area contributed by atoms with Gasteiger partial charge in [0.05, 0.1) is 0 Å². The lowest BCUT2D eigenvalue weighted by molar-refractivity contribution is -0.116. The van der Waals surface area contributed by atoms with E-state index in [1.54, 1.807) is 18.2 Å². The number of carbonyl (C=O) groups is 2. The van der Waals surface area contributed by atoms with Crippen molar-refractivity contribution in [3.63, 3.8) is 0 Å². The van der Waals surface area contributed by atoms with Gasteiger partial charge >= 0.3 is 0 Å². The molecular formula is C20H24ClN3O2S. The van der Waals surface area contributed by atoms with Gasteiger partial charge in [0.15, 0.2) is 0 Å². The molecule has 1 aliphatic heterocycles. The Bertz CT molecular complexity index is 780. The van der Waals surface area contributed by atoms with Gasteiger partial charge in [-0.25, -0.2) is 0 Å². The van der Waals surface area contributed by atoms with Crippen LogP contribution in [0.15, 0.2) is 48.5 Å². The molecule has 1 fully saturated rings. The number of thioether (sulfide) groups is 1. The number of carbonyl (C=O) groups excluding carboxylic acids is 2. The third-order valence-corrected chi connectivity index (χ3v) is 5.37. The Morgan fingerprint density at radius 3 is 2.63 bits per heavy atom. The molecule has 0 aromatic heterocycles. The molecule has 3 N–H and O–H groups in total. The van der Waals surface area contributed by atoms with Gasteiger partial charge < -0.3 is 16.0 Å². The van der Waals surface area contributed by atoms with Crippen LogP contribution >= 0.6 is 24.2 Å². The van der Waals surface area contributed by atoms with Gasteiger partial charge in [-0.15, -0.1) is 12.4 Å². The molecule has 1 aliphatic rings. The number of anilines is 2. The highest BCUT2D eigenvalue weighted by Crippen LogP contribution is 2.21. The van der Waals surface area contributed by atoms with Crippen LogP contribution in [0.25, 0.3) is 0 Å². The molecule has 27 heavy (non-hydrogen) atoms. The van der Waals surface area contributed by atoms with Crippen molar-refractivity contribution in [3.8, 4) is 0 Å². The van der Waals surface area contributed by atoms with E-state index in [2.05, 4.69) is 16.0 Å². The molecule has 2 aromatic rings. The van der Waals surface area contributed by atoms with Gasteiger partial charge in [0, 0.05) is 47.5 Å². The Labute approximate surface area is 170 Å². The average molecular weight is 406 g/mol. The minimum atomic E-state index is -0.171. The second kappa shape index (κ2) is 10.3. The fourth-order valence-corrected chi connectivity index (χ4v) is 3.75. The van der Waals surface area contributed by atoms with Crippen molar-refractivity contribution in [2.24, 2.45) is 0 Å². The summed E-state index contributed by atoms with van der Waals surface area (Å²) in [6.07, 6.45) is 0.451. The van der Waals surface area contributed by atoms with Gasteiger partial charge in [-0.05, 0) is 36.8 Å². The van der Waals surface area contributed by atoms with Crippen LogP contribution in [0.4, 0.5) is 11.4 Å². The van der Waals surface area contributed by atoms with Crippen molar-refractivity contribution in [3.05, 3.63) is 59.7 Å². The molecule has 144 valence electrons. The van der Waals surface area contributed by atoms with Gasteiger partial charge in [-0.1, -0.05) is 24.3 Å². The van der Waals surface area contributed by atoms with E-state index in [0.29, 0.717) is 17.7 Å². The van der Waals surface area contributed by atoms with Crippen LogP contribution in [0.2, 0.25) is 0 Å². The fraction of sp³-hybridized carbons (Fsp3) is 0.300. The minimum absolute atomic E-state index is 0. The van der Waals surface area contributed by atoms with E-state index in [9.17, 15) is 9.59 Å². The molecule has 5 nitrogen and oxygen atoms in total. The molecule has 0 aliphatic carbocycles. The van der Waals surface area contributed by atoms with Gasteiger partial charge in [0.25, 0.3) is 5.91 Å². The SMILES string of the molecule is Cc1ccc(NC(=O)c2ccccc2)cc1NC(=O)CC1CSCCN1.Cl. The van der Waals surface area contributed by atoms with Crippen LogP contribution in [0.3, 0.4) is 0 Å². The van der Waals surface area contributed by atoms with E-state index in [1.807, 2.05) is 49.0 Å². The summed E-state index contributed by atoms with van der Waals surface area (Å²) in [6, 6.07) is 14.8. The Balaban J connectivity index is 0.00000261. The number of benzene rings is 2. The topological polar surface area (TPSA) is 70.2 Å². The molecule has 7 heteroatoms. The van der Waals surface area contributed by atoms with Crippen molar-refractivity contribution < 1.29 is 9.59 Å². The molecular weight excluding hydrogens is 382 g/mol. The number of rotatable bonds is 5. The summed E-state index contributed by atoms with van der Waals surface area (Å²) in [5.41, 5.74) is 2.94. The van der Waals surface area contributed by atoms with Gasteiger partial charge in [0.2, 0.25) is 5.91 Å². The third kappa shape index (κ3) is 6.27. The zero-order valence-corrected chi connectivity index (χ0v) is 16.8. The number of halogens is 1. The van der Waals surface area contributed by atoms with E-state index in [0.717, 1.165) is 29.3 Å². The molecule has 1 atom stereocenters. The standard InChI is InChI=1S/C20H23N3O2S.ClH/c1-14-7-8-16(22-20(25)15-5-3-2-4-6-15)11-18(14)23-19(24)12-17-13-26-10-9-21-17;/h2-8,11,17,21H,9-10,12-13H2,1H3,(H,22,25)(H,23,24);1H. The third-order valence-electron chi connectivity index (χ3n) is 4.24. The summed E-state index contributed by atoms with van der Waals surface area (Å²) in [6.45, 7) is 2.88. The molecule has 1 unspecified atom stereocenters. The summed E-state index contributed by atoms with van der Waals surface area (Å²) in [5, 5.41) is 9.21. The van der Waals surface area contributed by atoms with Crippen LogP contribution < -0.4 is 16.0 Å². The van der Waals surface area contributed by atoms with Crippen molar-refractivity contribution in [2.75, 3.05) is 28.7 Å². The lowest BCUT2D eigenvalue weighted by Crippen LogP contribution is -2.39. The Kier molecular flexibility index (Phi) is 8.16. The summed E-state index contributed by atoms with van der Waals surface area (Å²) in [4.78, 5) is 24.6. The fourth-order valence-electron chi connectivity index (χ4n) is 2.80. The molecule has 0 saturated carbocycles. The van der Waals surface area contributed by atoms with Crippen molar-refractivity contribution in [2.45, 2.75) is 19.4 Å². The number of hydrogen-bond donors (Lipinski definition) is 3. The van der Waals surface area contributed by atoms with Crippen LogP contribution in [0.5, 0.6) is 0 Å². The normalized spacial score (nSPS) is 16.1. The predicted octanol–water partition coefficient (Wildman–Crippen LogP) is 3.70. The highest BCUT2D eigenvalue weighted by molar-refractivity contribution is 7.99. The van der Waals surface area contributed by atoms with Crippen molar-refractivity contribution >= 4 is 47.4 Å². The minimum Gasteiger partial charge on any atom is -0.326 e. The zero-order chi connectivity index (χ0) is 18.4. The van der Waals surface area contributed by atoms with Crippen LogP contribution in [-0.4, -0.2) is 35.9 Å². The predicted molar refractivity (Wildman–Crippen MR) is 115 cm³/mol. The second-order valence-electron chi connectivity index (χ2n) is 6.33. The lowest BCUT2D eigenvalue weighted by atomic mass is 10.1. The Morgan fingerprint density at radius 1 is 1.15 bits per heavy atom. The van der Waals surface area contributed by atoms with Crippen LogP contribution in [0, 0.1) is 6.92 Å². The summed E-state index contributed by atoms with van der Waals surface area (Å²) in [5.74, 6) is 1.87. The van der Waals surface area contributed by atoms with Crippen LogP contribution in [0.1, 0.15) is 22.3 Å². The first-order valence-electron chi connectivity index (χ1n) is 8.70. The van der Waals surface area contributed by atoms with Gasteiger partial charge in [-0.3, -0.25) is 9.59 Å². The zero-order valence-electron chi connectivity index (χ0n) is 15.2. The maximum atomic E-state index is 12.3. The van der Waals surface area contributed by atoms with Gasteiger partial charge in [-0.2, -0.15) is 11.8 Å². The quantitative estimate of drug-likeness (QED) is 0.709. The first-order valence-corrected chi connectivity index (χ1v) is 9.85. The lowest BCUT2D eigenvalue weighted by Gasteiger charge is -2.22. The first-order chi connectivity index (χ1) is 12.6. The maximum Gasteiger partial charge on any atom is 0.255 e.